The first-order valence-electron chi connectivity index (χ1n) is 10.3. The van der Waals surface area contributed by atoms with Gasteiger partial charge in [-0.2, -0.15) is 10.1 Å². The van der Waals surface area contributed by atoms with E-state index in [0.29, 0.717) is 30.7 Å². The molecule has 0 saturated heterocycles. The molecule has 0 amide bonds. The van der Waals surface area contributed by atoms with Gasteiger partial charge in [-0.25, -0.2) is 4.68 Å². The topological polar surface area (TPSA) is 69.0 Å². The number of Topliss-reactive ketones (excluding diaryl/α,β-unsaturated/α-hetero) is 1. The Morgan fingerprint density at radius 2 is 1.87 bits per heavy atom. The Morgan fingerprint density at radius 3 is 2.63 bits per heavy atom. The minimum absolute atomic E-state index is 0.185. The quantitative estimate of drug-likeness (QED) is 0.701. The highest BCUT2D eigenvalue weighted by molar-refractivity contribution is 5.99. The van der Waals surface area contributed by atoms with Gasteiger partial charge in [0.1, 0.15) is 24.2 Å². The number of hydrogen-bond donors (Lipinski definition) is 1. The molecule has 0 saturated carbocycles. The minimum Gasteiger partial charge on any atom is -0.489 e. The summed E-state index contributed by atoms with van der Waals surface area (Å²) in [6.07, 6.45) is 1.42. The smallest absolute Gasteiger partial charge is 0.226 e. The van der Waals surface area contributed by atoms with E-state index in [-0.39, 0.29) is 11.8 Å². The molecule has 1 N–H and O–H groups in total. The Bertz CT molecular complexity index is 1120. The van der Waals surface area contributed by atoms with Crippen molar-refractivity contribution in [2.75, 3.05) is 5.32 Å². The van der Waals surface area contributed by atoms with Gasteiger partial charge in [-0.1, -0.05) is 49.4 Å². The van der Waals surface area contributed by atoms with Gasteiger partial charge >= 0.3 is 0 Å². The third-order valence-corrected chi connectivity index (χ3v) is 5.67. The Kier molecular flexibility index (Phi) is 4.62. The fourth-order valence-corrected chi connectivity index (χ4v) is 4.31. The van der Waals surface area contributed by atoms with E-state index in [1.165, 1.54) is 0 Å². The summed E-state index contributed by atoms with van der Waals surface area (Å²) < 4.78 is 7.76. The summed E-state index contributed by atoms with van der Waals surface area (Å²) >= 11 is 0. The van der Waals surface area contributed by atoms with Crippen molar-refractivity contribution in [3.05, 3.63) is 82.8 Å². The summed E-state index contributed by atoms with van der Waals surface area (Å²) in [5, 5.41) is 7.93. The number of anilines is 1. The zero-order valence-corrected chi connectivity index (χ0v) is 17.1. The van der Waals surface area contributed by atoms with E-state index in [1.807, 2.05) is 66.2 Å². The zero-order valence-electron chi connectivity index (χ0n) is 17.1. The SMILES string of the molecule is Cc1nc2n(n1)C(c1ccc(OCc3ccccc3)cc1)C1=C(CC(C)CC1=O)N2. The van der Waals surface area contributed by atoms with Crippen LogP contribution in [0.1, 0.15) is 42.8 Å². The molecule has 3 aromatic rings. The molecule has 5 rings (SSSR count). The summed E-state index contributed by atoms with van der Waals surface area (Å²) in [6.45, 7) is 4.50. The fraction of sp³-hybridized carbons (Fsp3) is 0.292. The minimum atomic E-state index is -0.263. The highest BCUT2D eigenvalue weighted by Crippen LogP contribution is 2.41. The van der Waals surface area contributed by atoms with Crippen molar-refractivity contribution < 1.29 is 9.53 Å². The predicted octanol–water partition coefficient (Wildman–Crippen LogP) is 4.43. The lowest BCUT2D eigenvalue weighted by Gasteiger charge is -2.34. The molecule has 2 atom stereocenters. The average molecular weight is 400 g/mol. The van der Waals surface area contributed by atoms with E-state index >= 15 is 0 Å². The molecule has 152 valence electrons. The number of carbonyl (C=O) groups is 1. The number of aryl methyl sites for hydroxylation is 1. The molecule has 0 fully saturated rings. The summed E-state index contributed by atoms with van der Waals surface area (Å²) in [7, 11) is 0. The van der Waals surface area contributed by atoms with Gasteiger partial charge in [-0.15, -0.1) is 0 Å². The van der Waals surface area contributed by atoms with Gasteiger partial charge in [0.15, 0.2) is 5.78 Å². The van der Waals surface area contributed by atoms with Gasteiger partial charge in [0.25, 0.3) is 0 Å². The second-order valence-corrected chi connectivity index (χ2v) is 8.13. The van der Waals surface area contributed by atoms with Crippen molar-refractivity contribution in [3.63, 3.8) is 0 Å². The van der Waals surface area contributed by atoms with Gasteiger partial charge in [-0.05, 0) is 42.5 Å². The van der Waals surface area contributed by atoms with Crippen molar-refractivity contribution in [1.29, 1.82) is 0 Å². The Morgan fingerprint density at radius 1 is 1.10 bits per heavy atom. The van der Waals surface area contributed by atoms with Crippen molar-refractivity contribution >= 4 is 11.7 Å². The standard InChI is InChI=1S/C24H24N4O2/c1-15-12-20-22(21(29)13-15)23(28-24(26-20)25-16(2)27-28)18-8-10-19(11-9-18)30-14-17-6-4-3-5-7-17/h3-11,15,23H,12-14H2,1-2H3,(H,25,26,27). The first kappa shape index (κ1) is 18.6. The molecule has 2 aromatic carbocycles. The van der Waals surface area contributed by atoms with Gasteiger partial charge in [0.2, 0.25) is 5.95 Å². The maximum atomic E-state index is 13.0. The second-order valence-electron chi connectivity index (χ2n) is 8.13. The third kappa shape index (κ3) is 3.38. The van der Waals surface area contributed by atoms with E-state index < -0.39 is 0 Å². The van der Waals surface area contributed by atoms with Crippen LogP contribution in [-0.4, -0.2) is 20.5 Å². The van der Waals surface area contributed by atoms with Crippen LogP contribution >= 0.6 is 0 Å². The van der Waals surface area contributed by atoms with Crippen molar-refractivity contribution in [1.82, 2.24) is 14.8 Å². The summed E-state index contributed by atoms with van der Waals surface area (Å²) in [5.74, 6) is 2.69. The van der Waals surface area contributed by atoms with Crippen LogP contribution in [0.25, 0.3) is 0 Å². The van der Waals surface area contributed by atoms with Crippen LogP contribution in [0.3, 0.4) is 0 Å². The van der Waals surface area contributed by atoms with Crippen LogP contribution in [0, 0.1) is 12.8 Å². The Balaban J connectivity index is 1.46. The summed E-state index contributed by atoms with van der Waals surface area (Å²) in [4.78, 5) is 17.5. The Labute approximate surface area is 175 Å². The number of carbonyl (C=O) groups excluding carboxylic acids is 1. The highest BCUT2D eigenvalue weighted by Gasteiger charge is 2.38. The number of benzene rings is 2. The molecular weight excluding hydrogens is 376 g/mol. The molecule has 2 heterocycles. The number of fused-ring (bicyclic) bond motifs is 1. The average Bonchev–Trinajstić information content (AvgIpc) is 3.11. The lowest BCUT2D eigenvalue weighted by atomic mass is 9.81. The zero-order chi connectivity index (χ0) is 20.7. The molecule has 0 spiro atoms. The summed E-state index contributed by atoms with van der Waals surface area (Å²) in [5.41, 5.74) is 3.92. The number of nitrogens with zero attached hydrogens (tertiary/aromatic N) is 3. The molecule has 0 radical (unpaired) electrons. The highest BCUT2D eigenvalue weighted by atomic mass is 16.5. The largest absolute Gasteiger partial charge is 0.489 e. The van der Waals surface area contributed by atoms with Gasteiger partial charge in [-0.3, -0.25) is 4.79 Å². The first-order valence-corrected chi connectivity index (χ1v) is 10.3. The molecule has 1 aliphatic heterocycles. The van der Waals surface area contributed by atoms with Crippen LogP contribution in [0.2, 0.25) is 0 Å². The van der Waals surface area contributed by atoms with E-state index in [1.54, 1.807) is 0 Å². The number of nitrogens with one attached hydrogen (secondary N) is 1. The predicted molar refractivity (Wildman–Crippen MR) is 114 cm³/mol. The molecule has 1 aliphatic carbocycles. The maximum Gasteiger partial charge on any atom is 0.226 e. The first-order chi connectivity index (χ1) is 14.6. The number of allylic oxidation sites excluding steroid dienone is 2. The second kappa shape index (κ2) is 7.44. The number of aromatic nitrogens is 3. The molecule has 2 aliphatic rings. The maximum absolute atomic E-state index is 13.0. The van der Waals surface area contributed by atoms with Crippen LogP contribution in [0.15, 0.2) is 65.9 Å². The van der Waals surface area contributed by atoms with Crippen LogP contribution in [0.4, 0.5) is 5.95 Å². The molecule has 6 heteroatoms. The third-order valence-electron chi connectivity index (χ3n) is 5.67. The molecule has 1 aromatic heterocycles. The summed E-state index contributed by atoms with van der Waals surface area (Å²) in [6, 6.07) is 17.8. The fourth-order valence-electron chi connectivity index (χ4n) is 4.31. The molecule has 2 unspecified atom stereocenters. The van der Waals surface area contributed by atoms with Crippen LogP contribution in [0.5, 0.6) is 5.75 Å². The number of ketones is 1. The van der Waals surface area contributed by atoms with Crippen molar-refractivity contribution in [3.8, 4) is 5.75 Å². The van der Waals surface area contributed by atoms with Gasteiger partial charge < -0.3 is 10.1 Å². The van der Waals surface area contributed by atoms with E-state index in [2.05, 4.69) is 22.3 Å². The van der Waals surface area contributed by atoms with Crippen LogP contribution < -0.4 is 10.1 Å². The lowest BCUT2D eigenvalue weighted by molar-refractivity contribution is -0.117. The molecule has 30 heavy (non-hydrogen) atoms. The van der Waals surface area contributed by atoms with Gasteiger partial charge in [0.05, 0.1) is 0 Å². The molecule has 6 nitrogen and oxygen atoms in total. The van der Waals surface area contributed by atoms with E-state index in [0.717, 1.165) is 34.6 Å². The molecular formula is C24H24N4O2. The van der Waals surface area contributed by atoms with E-state index in [4.69, 9.17) is 4.74 Å². The van der Waals surface area contributed by atoms with Crippen molar-refractivity contribution in [2.45, 2.75) is 39.3 Å². The lowest BCUT2D eigenvalue weighted by Crippen LogP contribution is -2.33. The molecule has 0 bridgehead atoms. The number of hydrogen-bond acceptors (Lipinski definition) is 5. The number of rotatable bonds is 4. The number of ether oxygens (including phenoxy) is 1. The monoisotopic (exact) mass is 400 g/mol. The van der Waals surface area contributed by atoms with Gasteiger partial charge in [0, 0.05) is 17.7 Å². The van der Waals surface area contributed by atoms with Crippen LogP contribution in [-0.2, 0) is 11.4 Å². The van der Waals surface area contributed by atoms with E-state index in [9.17, 15) is 4.79 Å². The normalized spacial score (nSPS) is 20.4. The Hall–Kier alpha value is -3.41. The van der Waals surface area contributed by atoms with Crippen molar-refractivity contribution in [2.24, 2.45) is 5.92 Å².